The second-order valence-electron chi connectivity index (χ2n) is 7.46. The summed E-state index contributed by atoms with van der Waals surface area (Å²) < 4.78 is 4.72. The number of carbonyl (C=O) groups excluding carboxylic acids is 2. The van der Waals surface area contributed by atoms with E-state index in [1.54, 1.807) is 23.9 Å². The van der Waals surface area contributed by atoms with Gasteiger partial charge in [0.05, 0.1) is 21.6 Å². The van der Waals surface area contributed by atoms with E-state index in [0.29, 0.717) is 27.6 Å². The molecule has 5 rings (SSSR count). The quantitative estimate of drug-likeness (QED) is 0.190. The molecule has 0 atom stereocenters. The van der Waals surface area contributed by atoms with Crippen LogP contribution in [0, 0.1) is 13.7 Å². The minimum atomic E-state index is -0.478. The SMILES string of the molecule is Cn1cc(C2=C(c3cn(C)c4cc([N+](=O)[O-])ccc34)C(=O)NC2=O)c2ccc(I)cc21. The maximum atomic E-state index is 12.9. The van der Waals surface area contributed by atoms with Crippen LogP contribution in [0.15, 0.2) is 48.8 Å². The summed E-state index contributed by atoms with van der Waals surface area (Å²) in [5.41, 5.74) is 3.34. The van der Waals surface area contributed by atoms with Crippen molar-refractivity contribution in [1.82, 2.24) is 14.5 Å². The van der Waals surface area contributed by atoms with Crippen molar-refractivity contribution in [3.8, 4) is 0 Å². The van der Waals surface area contributed by atoms with E-state index in [9.17, 15) is 19.7 Å². The van der Waals surface area contributed by atoms with Crippen molar-refractivity contribution in [3.05, 3.63) is 73.6 Å². The van der Waals surface area contributed by atoms with Crippen LogP contribution in [0.5, 0.6) is 0 Å². The van der Waals surface area contributed by atoms with Crippen molar-refractivity contribution >= 4 is 73.0 Å². The number of halogens is 1. The molecule has 0 saturated carbocycles. The van der Waals surface area contributed by atoms with Crippen LogP contribution < -0.4 is 5.32 Å². The molecular formula is C22H15IN4O4. The number of nitro benzene ring substituents is 1. The molecule has 1 aliphatic rings. The minimum absolute atomic E-state index is 0.0370. The van der Waals surface area contributed by atoms with Gasteiger partial charge in [0.25, 0.3) is 17.5 Å². The van der Waals surface area contributed by atoms with Gasteiger partial charge in [-0.1, -0.05) is 6.07 Å². The van der Waals surface area contributed by atoms with Gasteiger partial charge < -0.3 is 9.13 Å². The molecule has 2 amide bonds. The lowest BCUT2D eigenvalue weighted by Crippen LogP contribution is -2.22. The summed E-state index contributed by atoms with van der Waals surface area (Å²) in [7, 11) is 3.65. The highest BCUT2D eigenvalue weighted by molar-refractivity contribution is 14.1. The summed E-state index contributed by atoms with van der Waals surface area (Å²) in [6.07, 6.45) is 3.58. The lowest BCUT2D eigenvalue weighted by molar-refractivity contribution is -0.384. The highest BCUT2D eigenvalue weighted by Gasteiger charge is 2.35. The Morgan fingerprint density at radius 3 is 1.94 bits per heavy atom. The Hall–Kier alpha value is -3.47. The number of rotatable bonds is 3. The molecular weight excluding hydrogens is 511 g/mol. The van der Waals surface area contributed by atoms with Gasteiger partial charge in [-0.15, -0.1) is 0 Å². The number of benzene rings is 2. The van der Waals surface area contributed by atoms with Crippen LogP contribution >= 0.6 is 22.6 Å². The molecule has 9 heteroatoms. The molecule has 0 aliphatic carbocycles. The number of nitrogens with zero attached hydrogens (tertiary/aromatic N) is 3. The molecule has 0 saturated heterocycles. The predicted molar refractivity (Wildman–Crippen MR) is 125 cm³/mol. The first-order valence-electron chi connectivity index (χ1n) is 9.35. The van der Waals surface area contributed by atoms with Crippen molar-refractivity contribution in [3.63, 3.8) is 0 Å². The van der Waals surface area contributed by atoms with Crippen LogP contribution in [0.2, 0.25) is 0 Å². The molecule has 2 aromatic heterocycles. The number of nitro groups is 1. The van der Waals surface area contributed by atoms with Crippen LogP contribution in [-0.4, -0.2) is 25.9 Å². The molecule has 0 bridgehead atoms. The molecule has 0 radical (unpaired) electrons. The fraction of sp³-hybridized carbons (Fsp3) is 0.0909. The van der Waals surface area contributed by atoms with E-state index in [1.165, 1.54) is 12.1 Å². The van der Waals surface area contributed by atoms with Gasteiger partial charge in [-0.3, -0.25) is 25.0 Å². The zero-order valence-corrected chi connectivity index (χ0v) is 18.6. The van der Waals surface area contributed by atoms with Crippen LogP contribution in [0.4, 0.5) is 5.69 Å². The Labute approximate surface area is 189 Å². The molecule has 2 aromatic carbocycles. The number of non-ortho nitro benzene ring substituents is 1. The standard InChI is InChI=1S/C22H15IN4O4/c1-25-9-15(13-5-3-11(23)7-17(13)25)19-20(22(29)24-21(19)28)16-10-26(2)18-8-12(27(30)31)4-6-14(16)18/h3-10H,1-2H3,(H,24,28,29). The van der Waals surface area contributed by atoms with E-state index in [-0.39, 0.29) is 11.3 Å². The first kappa shape index (κ1) is 19.5. The second-order valence-corrected chi connectivity index (χ2v) is 8.71. The van der Waals surface area contributed by atoms with Crippen molar-refractivity contribution in [2.24, 2.45) is 14.1 Å². The number of fused-ring (bicyclic) bond motifs is 2. The summed E-state index contributed by atoms with van der Waals surface area (Å²) in [5.74, 6) is -0.932. The fourth-order valence-corrected chi connectivity index (χ4v) is 4.69. The number of aromatic nitrogens is 2. The van der Waals surface area contributed by atoms with Crippen LogP contribution in [0.1, 0.15) is 11.1 Å². The molecule has 3 heterocycles. The van der Waals surface area contributed by atoms with Gasteiger partial charge in [-0.05, 0) is 40.8 Å². The smallest absolute Gasteiger partial charge is 0.271 e. The molecule has 0 fully saturated rings. The van der Waals surface area contributed by atoms with Crippen molar-refractivity contribution < 1.29 is 14.5 Å². The molecule has 4 aromatic rings. The maximum Gasteiger partial charge on any atom is 0.271 e. The Bertz CT molecular complexity index is 1510. The van der Waals surface area contributed by atoms with Crippen LogP contribution in [-0.2, 0) is 23.7 Å². The normalized spacial score (nSPS) is 14.2. The minimum Gasteiger partial charge on any atom is -0.350 e. The molecule has 1 N–H and O–H groups in total. The molecule has 154 valence electrons. The number of hydrogen-bond acceptors (Lipinski definition) is 4. The number of carbonyl (C=O) groups is 2. The van der Waals surface area contributed by atoms with E-state index in [1.807, 2.05) is 36.0 Å². The van der Waals surface area contributed by atoms with Gasteiger partial charge in [-0.2, -0.15) is 0 Å². The van der Waals surface area contributed by atoms with Crippen LogP contribution in [0.3, 0.4) is 0 Å². The summed E-state index contributed by atoms with van der Waals surface area (Å²) in [5, 5.41) is 15.1. The number of hydrogen-bond donors (Lipinski definition) is 1. The Balaban J connectivity index is 1.83. The third kappa shape index (κ3) is 2.87. The Morgan fingerprint density at radius 2 is 1.39 bits per heavy atom. The topological polar surface area (TPSA) is 99.2 Å². The zero-order chi connectivity index (χ0) is 22.0. The summed E-state index contributed by atoms with van der Waals surface area (Å²) in [4.78, 5) is 36.5. The molecule has 1 aliphatic heterocycles. The lowest BCUT2D eigenvalue weighted by Gasteiger charge is -2.03. The van der Waals surface area contributed by atoms with E-state index in [4.69, 9.17) is 0 Å². The number of aryl methyl sites for hydroxylation is 2. The average Bonchev–Trinajstić information content (AvgIpc) is 3.32. The number of imide groups is 1. The number of nitrogens with one attached hydrogen (secondary N) is 1. The van der Waals surface area contributed by atoms with Gasteiger partial charge in [-0.25, -0.2) is 0 Å². The van der Waals surface area contributed by atoms with Crippen molar-refractivity contribution in [1.29, 1.82) is 0 Å². The van der Waals surface area contributed by atoms with Gasteiger partial charge >= 0.3 is 0 Å². The average molecular weight is 526 g/mol. The van der Waals surface area contributed by atoms with Crippen molar-refractivity contribution in [2.45, 2.75) is 0 Å². The summed E-state index contributed by atoms with van der Waals surface area (Å²) >= 11 is 2.23. The van der Waals surface area contributed by atoms with Gasteiger partial charge in [0.1, 0.15) is 0 Å². The fourth-order valence-electron chi connectivity index (χ4n) is 4.21. The maximum absolute atomic E-state index is 12.9. The highest BCUT2D eigenvalue weighted by Crippen LogP contribution is 2.39. The predicted octanol–water partition coefficient (Wildman–Crippen LogP) is 3.75. The molecule has 8 nitrogen and oxygen atoms in total. The summed E-state index contributed by atoms with van der Waals surface area (Å²) in [6, 6.07) is 10.4. The molecule has 0 unspecified atom stereocenters. The first-order valence-corrected chi connectivity index (χ1v) is 10.4. The third-order valence-corrected chi connectivity index (χ3v) is 6.28. The van der Waals surface area contributed by atoms with E-state index in [2.05, 4.69) is 27.9 Å². The summed E-state index contributed by atoms with van der Waals surface area (Å²) in [6.45, 7) is 0. The van der Waals surface area contributed by atoms with E-state index >= 15 is 0 Å². The lowest BCUT2D eigenvalue weighted by atomic mass is 9.95. The van der Waals surface area contributed by atoms with Gasteiger partial charge in [0, 0.05) is 69.6 Å². The monoisotopic (exact) mass is 526 g/mol. The largest absolute Gasteiger partial charge is 0.350 e. The third-order valence-electron chi connectivity index (χ3n) is 5.61. The van der Waals surface area contributed by atoms with Gasteiger partial charge in [0.15, 0.2) is 0 Å². The van der Waals surface area contributed by atoms with E-state index < -0.39 is 16.7 Å². The first-order chi connectivity index (χ1) is 14.8. The van der Waals surface area contributed by atoms with Crippen LogP contribution in [0.25, 0.3) is 33.0 Å². The Kier molecular flexibility index (Phi) is 4.26. The number of amides is 2. The zero-order valence-electron chi connectivity index (χ0n) is 16.5. The highest BCUT2D eigenvalue weighted by atomic mass is 127. The van der Waals surface area contributed by atoms with Crippen molar-refractivity contribution in [2.75, 3.05) is 0 Å². The van der Waals surface area contributed by atoms with Gasteiger partial charge in [0.2, 0.25) is 0 Å². The second kappa shape index (κ2) is 6.77. The van der Waals surface area contributed by atoms with E-state index in [0.717, 1.165) is 14.5 Å². The molecule has 0 spiro atoms. The molecule has 31 heavy (non-hydrogen) atoms. The Morgan fingerprint density at radius 1 is 0.871 bits per heavy atom.